The molecule has 4 rings (SSSR count). The van der Waals surface area contributed by atoms with Crippen molar-refractivity contribution in [1.29, 1.82) is 0 Å². The maximum absolute atomic E-state index is 12.6. The van der Waals surface area contributed by atoms with Crippen LogP contribution in [0.2, 0.25) is 5.02 Å². The normalized spacial score (nSPS) is 13.2. The topological polar surface area (TPSA) is 46.2 Å². The van der Waals surface area contributed by atoms with Crippen molar-refractivity contribution in [3.05, 3.63) is 94.0 Å². The lowest BCUT2D eigenvalue weighted by Crippen LogP contribution is -2.25. The van der Waals surface area contributed by atoms with Crippen LogP contribution in [-0.4, -0.2) is 17.7 Å². The minimum Gasteiger partial charge on any atom is -0.349 e. The Balaban J connectivity index is 1.58. The highest BCUT2D eigenvalue weighted by Crippen LogP contribution is 2.26. The minimum absolute atomic E-state index is 0.0294. The van der Waals surface area contributed by atoms with Crippen molar-refractivity contribution in [3.8, 4) is 11.1 Å². The van der Waals surface area contributed by atoms with Crippen LogP contribution in [0.1, 0.15) is 44.7 Å². The standard InChI is InChI=1S/C24H20ClNO2/c1-15-2-3-19(24(28)26-21-12-13-21)14-22(15)16-4-6-17(7-5-16)23(27)18-8-10-20(25)11-9-18/h2-11,14,21H,12-13H2,1H3,(H,26,28). The Hall–Kier alpha value is -2.91. The fraction of sp³-hybridized carbons (Fsp3) is 0.167. The van der Waals surface area contributed by atoms with E-state index in [1.54, 1.807) is 24.3 Å². The van der Waals surface area contributed by atoms with Gasteiger partial charge in [0.1, 0.15) is 0 Å². The number of carbonyl (C=O) groups is 2. The predicted molar refractivity (Wildman–Crippen MR) is 112 cm³/mol. The fourth-order valence-corrected chi connectivity index (χ4v) is 3.27. The molecule has 3 aromatic carbocycles. The second-order valence-corrected chi connectivity index (χ2v) is 7.63. The number of amides is 1. The van der Waals surface area contributed by atoms with Crippen molar-refractivity contribution in [2.24, 2.45) is 0 Å². The summed E-state index contributed by atoms with van der Waals surface area (Å²) in [5, 5.41) is 3.63. The molecule has 0 aliphatic heterocycles. The Morgan fingerprint density at radius 3 is 2.04 bits per heavy atom. The number of ketones is 1. The molecule has 0 radical (unpaired) electrons. The van der Waals surface area contributed by atoms with Crippen molar-refractivity contribution in [3.63, 3.8) is 0 Å². The average Bonchev–Trinajstić information content (AvgIpc) is 3.52. The zero-order valence-corrected chi connectivity index (χ0v) is 16.3. The molecule has 0 heterocycles. The Kier molecular flexibility index (Phi) is 5.01. The molecule has 1 aliphatic rings. The van der Waals surface area contributed by atoms with Gasteiger partial charge in [-0.1, -0.05) is 41.9 Å². The summed E-state index contributed by atoms with van der Waals surface area (Å²) in [7, 11) is 0. The second kappa shape index (κ2) is 7.61. The molecule has 0 bridgehead atoms. The van der Waals surface area contributed by atoms with Crippen LogP contribution in [0.15, 0.2) is 66.7 Å². The first-order valence-corrected chi connectivity index (χ1v) is 9.71. The number of aryl methyl sites for hydroxylation is 1. The first-order chi connectivity index (χ1) is 13.5. The summed E-state index contributed by atoms with van der Waals surface area (Å²) in [4.78, 5) is 25.0. The summed E-state index contributed by atoms with van der Waals surface area (Å²) in [6, 6.07) is 20.4. The van der Waals surface area contributed by atoms with Crippen molar-refractivity contribution < 1.29 is 9.59 Å². The summed E-state index contributed by atoms with van der Waals surface area (Å²) >= 11 is 5.89. The highest BCUT2D eigenvalue weighted by atomic mass is 35.5. The van der Waals surface area contributed by atoms with Crippen LogP contribution in [0.3, 0.4) is 0 Å². The van der Waals surface area contributed by atoms with Gasteiger partial charge in [-0.2, -0.15) is 0 Å². The monoisotopic (exact) mass is 389 g/mol. The molecule has 1 saturated carbocycles. The molecule has 0 unspecified atom stereocenters. The SMILES string of the molecule is Cc1ccc(C(=O)NC2CC2)cc1-c1ccc(C(=O)c2ccc(Cl)cc2)cc1. The van der Waals surface area contributed by atoms with E-state index in [1.807, 2.05) is 49.4 Å². The molecule has 1 aliphatic carbocycles. The maximum atomic E-state index is 12.6. The van der Waals surface area contributed by atoms with Crippen molar-refractivity contribution >= 4 is 23.3 Å². The molecule has 1 N–H and O–H groups in total. The van der Waals surface area contributed by atoms with E-state index in [0.29, 0.717) is 27.8 Å². The summed E-state index contributed by atoms with van der Waals surface area (Å²) < 4.78 is 0. The molecule has 140 valence electrons. The molecule has 0 atom stereocenters. The first-order valence-electron chi connectivity index (χ1n) is 9.33. The third-order valence-electron chi connectivity index (χ3n) is 4.98. The van der Waals surface area contributed by atoms with E-state index < -0.39 is 0 Å². The molecule has 3 nitrogen and oxygen atoms in total. The molecule has 4 heteroatoms. The summed E-state index contributed by atoms with van der Waals surface area (Å²) in [6.07, 6.45) is 2.13. The molecule has 1 fully saturated rings. The number of nitrogens with one attached hydrogen (secondary N) is 1. The van der Waals surface area contributed by atoms with E-state index >= 15 is 0 Å². The zero-order valence-electron chi connectivity index (χ0n) is 15.5. The van der Waals surface area contributed by atoms with Crippen LogP contribution in [0, 0.1) is 6.92 Å². The summed E-state index contributed by atoms with van der Waals surface area (Å²) in [5.74, 6) is -0.0733. The van der Waals surface area contributed by atoms with Gasteiger partial charge in [0, 0.05) is 27.8 Å². The van der Waals surface area contributed by atoms with Gasteiger partial charge < -0.3 is 5.32 Å². The maximum Gasteiger partial charge on any atom is 0.251 e. The fourth-order valence-electron chi connectivity index (χ4n) is 3.14. The average molecular weight is 390 g/mol. The van der Waals surface area contributed by atoms with Gasteiger partial charge in [0.2, 0.25) is 0 Å². The first kappa shape index (κ1) is 18.5. The lowest BCUT2D eigenvalue weighted by Gasteiger charge is -2.10. The van der Waals surface area contributed by atoms with Crippen LogP contribution < -0.4 is 5.32 Å². The van der Waals surface area contributed by atoms with Gasteiger partial charge in [0.25, 0.3) is 5.91 Å². The third kappa shape index (κ3) is 4.00. The number of hydrogen-bond acceptors (Lipinski definition) is 2. The highest BCUT2D eigenvalue weighted by molar-refractivity contribution is 6.30. The lowest BCUT2D eigenvalue weighted by atomic mass is 9.95. The number of hydrogen-bond donors (Lipinski definition) is 1. The number of benzene rings is 3. The largest absolute Gasteiger partial charge is 0.349 e. The molecule has 3 aromatic rings. The molecule has 0 spiro atoms. The van der Waals surface area contributed by atoms with Gasteiger partial charge in [-0.15, -0.1) is 0 Å². The zero-order chi connectivity index (χ0) is 19.7. The van der Waals surface area contributed by atoms with Gasteiger partial charge in [-0.05, 0) is 72.9 Å². The van der Waals surface area contributed by atoms with Crippen LogP contribution in [0.25, 0.3) is 11.1 Å². The Morgan fingerprint density at radius 1 is 0.857 bits per heavy atom. The predicted octanol–water partition coefficient (Wildman–Crippen LogP) is 5.44. The number of rotatable bonds is 5. The van der Waals surface area contributed by atoms with Crippen LogP contribution in [0.4, 0.5) is 0 Å². The summed E-state index contributed by atoms with van der Waals surface area (Å²) in [6.45, 7) is 2.02. The highest BCUT2D eigenvalue weighted by Gasteiger charge is 2.24. The van der Waals surface area contributed by atoms with Crippen LogP contribution in [0.5, 0.6) is 0 Å². The van der Waals surface area contributed by atoms with Crippen molar-refractivity contribution in [2.75, 3.05) is 0 Å². The second-order valence-electron chi connectivity index (χ2n) is 7.19. The van der Waals surface area contributed by atoms with Crippen molar-refractivity contribution in [1.82, 2.24) is 5.32 Å². The Morgan fingerprint density at radius 2 is 1.43 bits per heavy atom. The summed E-state index contributed by atoms with van der Waals surface area (Å²) in [5.41, 5.74) is 4.94. The molecular formula is C24H20ClNO2. The van der Waals surface area contributed by atoms with Crippen LogP contribution in [-0.2, 0) is 0 Å². The van der Waals surface area contributed by atoms with E-state index in [4.69, 9.17) is 11.6 Å². The minimum atomic E-state index is -0.0440. The Labute approximate surface area is 169 Å². The van der Waals surface area contributed by atoms with Crippen LogP contribution >= 0.6 is 11.6 Å². The van der Waals surface area contributed by atoms with E-state index in [9.17, 15) is 9.59 Å². The molecule has 28 heavy (non-hydrogen) atoms. The lowest BCUT2D eigenvalue weighted by molar-refractivity contribution is 0.0950. The smallest absolute Gasteiger partial charge is 0.251 e. The van der Waals surface area contributed by atoms with E-state index in [2.05, 4.69) is 5.32 Å². The molecule has 0 saturated heterocycles. The molecule has 0 aromatic heterocycles. The molecular weight excluding hydrogens is 370 g/mol. The van der Waals surface area contributed by atoms with E-state index in [1.165, 1.54) is 0 Å². The third-order valence-corrected chi connectivity index (χ3v) is 5.23. The quantitative estimate of drug-likeness (QED) is 0.590. The number of halogens is 1. The van der Waals surface area contributed by atoms with E-state index in [0.717, 1.165) is 29.5 Å². The van der Waals surface area contributed by atoms with Gasteiger partial charge in [0.05, 0.1) is 0 Å². The molecule has 1 amide bonds. The van der Waals surface area contributed by atoms with Gasteiger partial charge >= 0.3 is 0 Å². The van der Waals surface area contributed by atoms with Gasteiger partial charge in [0.15, 0.2) is 5.78 Å². The van der Waals surface area contributed by atoms with Gasteiger partial charge in [-0.3, -0.25) is 9.59 Å². The number of carbonyl (C=O) groups excluding carboxylic acids is 2. The Bertz CT molecular complexity index is 1040. The van der Waals surface area contributed by atoms with Gasteiger partial charge in [-0.25, -0.2) is 0 Å². The van der Waals surface area contributed by atoms with E-state index in [-0.39, 0.29) is 11.7 Å². The van der Waals surface area contributed by atoms with Crippen molar-refractivity contribution in [2.45, 2.75) is 25.8 Å².